The molecule has 19 heavy (non-hydrogen) atoms. The average molecular weight is 264 g/mol. The van der Waals surface area contributed by atoms with Crippen LogP contribution in [0.2, 0.25) is 0 Å². The molecule has 2 heteroatoms. The Morgan fingerprint density at radius 1 is 1.11 bits per heavy atom. The van der Waals surface area contributed by atoms with Gasteiger partial charge >= 0.3 is 0 Å². The summed E-state index contributed by atoms with van der Waals surface area (Å²) in [4.78, 5) is 5.57. The standard InChI is InChI=1S/C17H32N2/c1-13-14(12-18-9-7-6-8-10-18)17(5)11-15(17)19(13)16(2,3)4/h13-15H,6-12H2,1-5H3/t13-,14?,15?,17?/m1/s1. The summed E-state index contributed by atoms with van der Waals surface area (Å²) in [6.07, 6.45) is 5.73. The van der Waals surface area contributed by atoms with Gasteiger partial charge in [-0.2, -0.15) is 0 Å². The number of piperidine rings is 2. The second-order valence-electron chi connectivity index (χ2n) is 8.51. The van der Waals surface area contributed by atoms with E-state index in [1.54, 1.807) is 0 Å². The second kappa shape index (κ2) is 4.46. The lowest BCUT2D eigenvalue weighted by Crippen LogP contribution is -2.49. The molecule has 2 heterocycles. The van der Waals surface area contributed by atoms with Gasteiger partial charge in [0, 0.05) is 24.2 Å². The lowest BCUT2D eigenvalue weighted by atomic mass is 9.86. The van der Waals surface area contributed by atoms with Gasteiger partial charge in [-0.25, -0.2) is 0 Å². The first-order valence-electron chi connectivity index (χ1n) is 8.35. The van der Waals surface area contributed by atoms with Gasteiger partial charge in [0.25, 0.3) is 0 Å². The van der Waals surface area contributed by atoms with Crippen molar-refractivity contribution >= 4 is 0 Å². The Morgan fingerprint density at radius 2 is 1.74 bits per heavy atom. The Balaban J connectivity index is 1.71. The molecule has 0 aromatic carbocycles. The molecule has 0 N–H and O–H groups in total. The summed E-state index contributed by atoms with van der Waals surface area (Å²) in [7, 11) is 0. The van der Waals surface area contributed by atoms with E-state index in [9.17, 15) is 0 Å². The van der Waals surface area contributed by atoms with E-state index in [2.05, 4.69) is 44.4 Å². The van der Waals surface area contributed by atoms with E-state index in [0.717, 1.165) is 18.0 Å². The topological polar surface area (TPSA) is 6.48 Å². The first-order chi connectivity index (χ1) is 8.84. The van der Waals surface area contributed by atoms with E-state index >= 15 is 0 Å². The van der Waals surface area contributed by atoms with Gasteiger partial charge in [0.2, 0.25) is 0 Å². The van der Waals surface area contributed by atoms with E-state index in [1.807, 2.05) is 0 Å². The van der Waals surface area contributed by atoms with E-state index in [4.69, 9.17) is 0 Å². The summed E-state index contributed by atoms with van der Waals surface area (Å²) >= 11 is 0. The third kappa shape index (κ3) is 2.25. The third-order valence-electron chi connectivity index (χ3n) is 6.12. The SMILES string of the molecule is C[C@@H]1C(CN2CCCCC2)C2(C)CC2N1C(C)(C)C. The van der Waals surface area contributed by atoms with Crippen LogP contribution in [0.25, 0.3) is 0 Å². The summed E-state index contributed by atoms with van der Waals surface area (Å²) in [5.41, 5.74) is 0.947. The number of hydrogen-bond donors (Lipinski definition) is 0. The molecule has 3 fully saturated rings. The highest BCUT2D eigenvalue weighted by Gasteiger charge is 2.67. The molecule has 0 amide bonds. The van der Waals surface area contributed by atoms with Crippen LogP contribution in [0, 0.1) is 11.3 Å². The Kier molecular flexibility index (Phi) is 3.26. The van der Waals surface area contributed by atoms with Gasteiger partial charge in [0.15, 0.2) is 0 Å². The zero-order valence-corrected chi connectivity index (χ0v) is 13.6. The van der Waals surface area contributed by atoms with Crippen molar-refractivity contribution in [1.29, 1.82) is 0 Å². The quantitative estimate of drug-likeness (QED) is 0.754. The molecule has 0 aromatic heterocycles. The fourth-order valence-corrected chi connectivity index (χ4v) is 5.06. The van der Waals surface area contributed by atoms with Crippen LogP contribution in [-0.2, 0) is 0 Å². The van der Waals surface area contributed by atoms with Crippen molar-refractivity contribution in [3.05, 3.63) is 0 Å². The van der Waals surface area contributed by atoms with Crippen molar-refractivity contribution in [3.63, 3.8) is 0 Å². The predicted octanol–water partition coefficient (Wildman–Crippen LogP) is 3.37. The molecule has 3 rings (SSSR count). The van der Waals surface area contributed by atoms with Gasteiger partial charge in [0.1, 0.15) is 0 Å². The maximum Gasteiger partial charge on any atom is 0.0167 e. The predicted molar refractivity (Wildman–Crippen MR) is 81.3 cm³/mol. The number of nitrogens with zero attached hydrogens (tertiary/aromatic N) is 2. The van der Waals surface area contributed by atoms with Crippen LogP contribution >= 0.6 is 0 Å². The first-order valence-corrected chi connectivity index (χ1v) is 8.35. The molecule has 4 atom stereocenters. The molecule has 0 radical (unpaired) electrons. The van der Waals surface area contributed by atoms with Crippen molar-refractivity contribution in [1.82, 2.24) is 9.80 Å². The summed E-state index contributed by atoms with van der Waals surface area (Å²) in [5.74, 6) is 0.884. The molecule has 2 saturated heterocycles. The summed E-state index contributed by atoms with van der Waals surface area (Å²) in [6.45, 7) is 16.3. The van der Waals surface area contributed by atoms with Crippen LogP contribution in [0.5, 0.6) is 0 Å². The fraction of sp³-hybridized carbons (Fsp3) is 1.00. The van der Waals surface area contributed by atoms with Gasteiger partial charge in [0.05, 0.1) is 0 Å². The molecule has 0 bridgehead atoms. The number of likely N-dealkylation sites (tertiary alicyclic amines) is 2. The fourth-order valence-electron chi connectivity index (χ4n) is 5.06. The Labute approximate surface area is 119 Å². The van der Waals surface area contributed by atoms with Crippen molar-refractivity contribution in [2.75, 3.05) is 19.6 Å². The molecule has 1 saturated carbocycles. The van der Waals surface area contributed by atoms with Crippen LogP contribution in [0.4, 0.5) is 0 Å². The zero-order chi connectivity index (χ0) is 13.8. The van der Waals surface area contributed by atoms with Crippen LogP contribution in [-0.4, -0.2) is 47.1 Å². The normalized spacial score (nSPS) is 44.4. The van der Waals surface area contributed by atoms with Crippen molar-refractivity contribution in [2.24, 2.45) is 11.3 Å². The molecular weight excluding hydrogens is 232 g/mol. The van der Waals surface area contributed by atoms with Gasteiger partial charge < -0.3 is 4.90 Å². The maximum absolute atomic E-state index is 2.82. The lowest BCUT2D eigenvalue weighted by Gasteiger charge is -2.41. The molecule has 0 spiro atoms. The minimum absolute atomic E-state index is 0.332. The largest absolute Gasteiger partial charge is 0.303 e. The Hall–Kier alpha value is -0.0800. The van der Waals surface area contributed by atoms with E-state index in [-0.39, 0.29) is 0 Å². The minimum atomic E-state index is 0.332. The van der Waals surface area contributed by atoms with Crippen LogP contribution in [0.15, 0.2) is 0 Å². The summed E-state index contributed by atoms with van der Waals surface area (Å²) in [5, 5.41) is 0. The second-order valence-corrected chi connectivity index (χ2v) is 8.51. The molecule has 110 valence electrons. The van der Waals surface area contributed by atoms with E-state index in [1.165, 1.54) is 45.3 Å². The summed E-state index contributed by atoms with van der Waals surface area (Å²) < 4.78 is 0. The number of fused-ring (bicyclic) bond motifs is 1. The maximum atomic E-state index is 2.82. The van der Waals surface area contributed by atoms with E-state index in [0.29, 0.717) is 11.0 Å². The van der Waals surface area contributed by atoms with Crippen LogP contribution < -0.4 is 0 Å². The zero-order valence-electron chi connectivity index (χ0n) is 13.6. The average Bonchev–Trinajstić information content (AvgIpc) is 2.92. The summed E-state index contributed by atoms with van der Waals surface area (Å²) in [6, 6.07) is 1.61. The molecule has 2 aliphatic heterocycles. The van der Waals surface area contributed by atoms with Crippen LogP contribution in [0.1, 0.15) is 60.3 Å². The molecule has 1 aliphatic carbocycles. The van der Waals surface area contributed by atoms with Crippen molar-refractivity contribution < 1.29 is 0 Å². The van der Waals surface area contributed by atoms with Crippen LogP contribution in [0.3, 0.4) is 0 Å². The monoisotopic (exact) mass is 264 g/mol. The van der Waals surface area contributed by atoms with Crippen molar-refractivity contribution in [2.45, 2.75) is 77.9 Å². The number of hydrogen-bond acceptors (Lipinski definition) is 2. The van der Waals surface area contributed by atoms with Gasteiger partial charge in [-0.1, -0.05) is 13.3 Å². The molecule has 2 nitrogen and oxygen atoms in total. The molecular formula is C17H32N2. The first kappa shape index (κ1) is 13.9. The smallest absolute Gasteiger partial charge is 0.0167 e. The Morgan fingerprint density at radius 3 is 2.26 bits per heavy atom. The number of rotatable bonds is 2. The molecule has 3 unspecified atom stereocenters. The Bertz CT molecular complexity index is 340. The van der Waals surface area contributed by atoms with Gasteiger partial charge in [-0.3, -0.25) is 4.90 Å². The van der Waals surface area contributed by atoms with Gasteiger partial charge in [-0.05, 0) is 71.4 Å². The van der Waals surface area contributed by atoms with Gasteiger partial charge in [-0.15, -0.1) is 0 Å². The third-order valence-corrected chi connectivity index (χ3v) is 6.12. The minimum Gasteiger partial charge on any atom is -0.303 e. The van der Waals surface area contributed by atoms with Crippen molar-refractivity contribution in [3.8, 4) is 0 Å². The molecule has 3 aliphatic rings. The highest BCUT2D eigenvalue weighted by atomic mass is 15.3. The highest BCUT2D eigenvalue weighted by Crippen LogP contribution is 2.64. The highest BCUT2D eigenvalue weighted by molar-refractivity contribution is 5.20. The molecule has 0 aromatic rings. The lowest BCUT2D eigenvalue weighted by molar-refractivity contribution is 0.0713. The van der Waals surface area contributed by atoms with E-state index < -0.39 is 0 Å².